The number of amidine groups is 1. The molecule has 2 heterocycles. The summed E-state index contributed by atoms with van der Waals surface area (Å²) in [6.07, 6.45) is 0.795. The molecule has 0 radical (unpaired) electrons. The van der Waals surface area contributed by atoms with Crippen molar-refractivity contribution in [3.05, 3.63) is 65.7 Å². The van der Waals surface area contributed by atoms with Crippen molar-refractivity contribution in [3.8, 4) is 0 Å². The van der Waals surface area contributed by atoms with Crippen LogP contribution in [0.15, 0.2) is 64.7 Å². The van der Waals surface area contributed by atoms with Crippen molar-refractivity contribution in [2.24, 2.45) is 10.1 Å². The number of rotatable bonds is 3. The third-order valence-electron chi connectivity index (χ3n) is 4.62. The van der Waals surface area contributed by atoms with Crippen molar-refractivity contribution < 1.29 is 4.79 Å². The van der Waals surface area contributed by atoms with E-state index in [1.807, 2.05) is 37.3 Å². The van der Waals surface area contributed by atoms with E-state index in [4.69, 9.17) is 5.10 Å². The van der Waals surface area contributed by atoms with E-state index < -0.39 is 0 Å². The van der Waals surface area contributed by atoms with Gasteiger partial charge >= 0.3 is 5.24 Å². The zero-order valence-corrected chi connectivity index (χ0v) is 15.6. The van der Waals surface area contributed by atoms with Gasteiger partial charge in [-0.05, 0) is 23.3 Å². The molecule has 2 aliphatic rings. The number of amides is 1. The fraction of sp³-hybridized carbons (Fsp3) is 0.250. The van der Waals surface area contributed by atoms with Crippen LogP contribution in [-0.2, 0) is 0 Å². The Labute approximate surface area is 157 Å². The highest BCUT2D eigenvalue weighted by Crippen LogP contribution is 2.35. The van der Waals surface area contributed by atoms with E-state index in [0.717, 1.165) is 29.2 Å². The molecule has 1 amide bonds. The summed E-state index contributed by atoms with van der Waals surface area (Å²) in [6, 6.07) is 18.8. The summed E-state index contributed by atoms with van der Waals surface area (Å²) in [6.45, 7) is 0. The quantitative estimate of drug-likeness (QED) is 0.820. The smallest absolute Gasteiger partial charge is 0.307 e. The Bertz CT molecular complexity index is 874. The SMILES string of the molecule is CN(C)c1ccc(C2CC(c3ccccc3)=NN2C2=NC(=O)SC2)cc1. The van der Waals surface area contributed by atoms with Gasteiger partial charge in [-0.3, -0.25) is 4.79 Å². The molecule has 132 valence electrons. The molecular formula is C20H20N4OS. The molecule has 26 heavy (non-hydrogen) atoms. The summed E-state index contributed by atoms with van der Waals surface area (Å²) >= 11 is 1.23. The number of anilines is 1. The molecule has 0 saturated heterocycles. The van der Waals surface area contributed by atoms with Crippen molar-refractivity contribution in [3.63, 3.8) is 0 Å². The number of thioether (sulfide) groups is 1. The molecule has 0 saturated carbocycles. The third-order valence-corrected chi connectivity index (χ3v) is 5.36. The van der Waals surface area contributed by atoms with E-state index in [1.54, 1.807) is 0 Å². The van der Waals surface area contributed by atoms with Crippen molar-refractivity contribution in [1.29, 1.82) is 0 Å². The molecule has 0 fully saturated rings. The Balaban J connectivity index is 1.68. The van der Waals surface area contributed by atoms with Crippen molar-refractivity contribution in [2.75, 3.05) is 24.7 Å². The zero-order chi connectivity index (χ0) is 18.1. The molecule has 0 spiro atoms. The third kappa shape index (κ3) is 3.24. The number of carbonyl (C=O) groups excluding carboxylic acids is 1. The van der Waals surface area contributed by atoms with Gasteiger partial charge in [-0.1, -0.05) is 54.2 Å². The summed E-state index contributed by atoms with van der Waals surface area (Å²) in [5.74, 6) is 1.32. The van der Waals surface area contributed by atoms with Gasteiger partial charge in [0.1, 0.15) is 5.84 Å². The van der Waals surface area contributed by atoms with E-state index in [1.165, 1.54) is 17.3 Å². The monoisotopic (exact) mass is 364 g/mol. The predicted octanol–water partition coefficient (Wildman–Crippen LogP) is 4.17. The topological polar surface area (TPSA) is 48.3 Å². The summed E-state index contributed by atoms with van der Waals surface area (Å²) in [5, 5.41) is 6.63. The second-order valence-electron chi connectivity index (χ2n) is 6.55. The average molecular weight is 364 g/mol. The average Bonchev–Trinajstić information content (AvgIpc) is 3.29. The molecule has 2 aromatic rings. The normalized spacial score (nSPS) is 19.5. The Hall–Kier alpha value is -2.60. The van der Waals surface area contributed by atoms with Gasteiger partial charge in [0.25, 0.3) is 0 Å². The molecule has 0 bridgehead atoms. The van der Waals surface area contributed by atoms with E-state index in [2.05, 4.69) is 46.3 Å². The van der Waals surface area contributed by atoms with Gasteiger partial charge < -0.3 is 4.90 Å². The van der Waals surface area contributed by atoms with Crippen molar-refractivity contribution in [2.45, 2.75) is 12.5 Å². The van der Waals surface area contributed by atoms with Crippen LogP contribution in [0.1, 0.15) is 23.6 Å². The minimum Gasteiger partial charge on any atom is -0.378 e. The molecule has 0 aromatic heterocycles. The fourth-order valence-electron chi connectivity index (χ4n) is 3.22. The molecule has 0 N–H and O–H groups in total. The molecule has 2 aliphatic heterocycles. The number of carbonyl (C=O) groups is 1. The van der Waals surface area contributed by atoms with Crippen LogP contribution in [0.4, 0.5) is 10.5 Å². The Morgan fingerprint density at radius 2 is 1.81 bits per heavy atom. The summed E-state index contributed by atoms with van der Waals surface area (Å²) in [4.78, 5) is 17.9. The first-order chi connectivity index (χ1) is 12.6. The number of hydrazone groups is 1. The summed E-state index contributed by atoms with van der Waals surface area (Å²) in [5.41, 5.74) is 4.48. The Kier molecular flexibility index (Phi) is 4.51. The minimum atomic E-state index is -0.134. The van der Waals surface area contributed by atoms with Crippen LogP contribution in [0.25, 0.3) is 0 Å². The number of nitrogens with zero attached hydrogens (tertiary/aromatic N) is 4. The molecule has 1 unspecified atom stereocenters. The van der Waals surface area contributed by atoms with Crippen LogP contribution >= 0.6 is 11.8 Å². The van der Waals surface area contributed by atoms with Crippen molar-refractivity contribution in [1.82, 2.24) is 5.01 Å². The van der Waals surface area contributed by atoms with Crippen LogP contribution < -0.4 is 4.90 Å². The maximum atomic E-state index is 11.6. The van der Waals surface area contributed by atoms with Crippen LogP contribution in [-0.4, -0.2) is 41.6 Å². The lowest BCUT2D eigenvalue weighted by Gasteiger charge is -2.23. The Morgan fingerprint density at radius 3 is 2.42 bits per heavy atom. The van der Waals surface area contributed by atoms with Gasteiger partial charge in [-0.15, -0.1) is 0 Å². The van der Waals surface area contributed by atoms with Crippen LogP contribution in [0.5, 0.6) is 0 Å². The second-order valence-corrected chi connectivity index (χ2v) is 7.47. The first kappa shape index (κ1) is 16.8. The lowest BCUT2D eigenvalue weighted by atomic mass is 9.98. The lowest BCUT2D eigenvalue weighted by molar-refractivity contribution is 0.267. The molecule has 5 nitrogen and oxygen atoms in total. The number of aliphatic imine (C=N–C) groups is 1. The molecular weight excluding hydrogens is 344 g/mol. The molecule has 0 aliphatic carbocycles. The minimum absolute atomic E-state index is 0.0617. The van der Waals surface area contributed by atoms with Gasteiger partial charge in [0.2, 0.25) is 0 Å². The first-order valence-corrected chi connectivity index (χ1v) is 9.54. The van der Waals surface area contributed by atoms with Crippen molar-refractivity contribution >= 4 is 34.2 Å². The lowest BCUT2D eigenvalue weighted by Crippen LogP contribution is -2.27. The molecule has 4 rings (SSSR count). The van der Waals surface area contributed by atoms with E-state index in [0.29, 0.717) is 5.75 Å². The first-order valence-electron chi connectivity index (χ1n) is 8.55. The van der Waals surface area contributed by atoms with Gasteiger partial charge in [0, 0.05) is 26.2 Å². The van der Waals surface area contributed by atoms with Crippen LogP contribution in [0, 0.1) is 0 Å². The van der Waals surface area contributed by atoms with E-state index in [-0.39, 0.29) is 11.3 Å². The highest BCUT2D eigenvalue weighted by Gasteiger charge is 2.34. The number of hydrogen-bond acceptors (Lipinski definition) is 5. The molecule has 2 aromatic carbocycles. The van der Waals surface area contributed by atoms with Gasteiger partial charge in [-0.25, -0.2) is 5.01 Å². The number of benzene rings is 2. The Morgan fingerprint density at radius 1 is 1.08 bits per heavy atom. The second kappa shape index (κ2) is 6.96. The van der Waals surface area contributed by atoms with E-state index >= 15 is 0 Å². The van der Waals surface area contributed by atoms with Gasteiger partial charge in [0.15, 0.2) is 0 Å². The number of hydrogen-bond donors (Lipinski definition) is 0. The highest BCUT2D eigenvalue weighted by atomic mass is 32.2. The highest BCUT2D eigenvalue weighted by molar-refractivity contribution is 8.14. The molecule has 1 atom stereocenters. The summed E-state index contributed by atoms with van der Waals surface area (Å²) < 4.78 is 0. The predicted molar refractivity (Wildman–Crippen MR) is 108 cm³/mol. The maximum Gasteiger partial charge on any atom is 0.307 e. The van der Waals surface area contributed by atoms with Crippen LogP contribution in [0.3, 0.4) is 0 Å². The standard InChI is InChI=1S/C20H20N4OS/c1-23(2)16-10-8-15(9-11-16)18-12-17(14-6-4-3-5-7-14)22-24(18)19-13-26-20(25)21-19/h3-11,18H,12-13H2,1-2H3. The largest absolute Gasteiger partial charge is 0.378 e. The fourth-order valence-corrected chi connectivity index (χ4v) is 3.84. The van der Waals surface area contributed by atoms with Gasteiger partial charge in [-0.2, -0.15) is 10.1 Å². The van der Waals surface area contributed by atoms with E-state index in [9.17, 15) is 4.79 Å². The molecule has 6 heteroatoms. The zero-order valence-electron chi connectivity index (χ0n) is 14.8. The summed E-state index contributed by atoms with van der Waals surface area (Å²) in [7, 11) is 4.06. The van der Waals surface area contributed by atoms with Gasteiger partial charge in [0.05, 0.1) is 17.5 Å². The van der Waals surface area contributed by atoms with Crippen LogP contribution in [0.2, 0.25) is 0 Å². The maximum absolute atomic E-state index is 11.6.